The van der Waals surface area contributed by atoms with Crippen LogP contribution in [0.25, 0.3) is 11.1 Å². The smallest absolute Gasteiger partial charge is 0.256 e. The number of rotatable bonds is 10. The molecular formula is C31H38N2O3. The second kappa shape index (κ2) is 12.4. The molecule has 0 aliphatic carbocycles. The molecule has 0 heterocycles. The number of ether oxygens (including phenoxy) is 2. The van der Waals surface area contributed by atoms with E-state index in [0.717, 1.165) is 34.7 Å². The van der Waals surface area contributed by atoms with Gasteiger partial charge in [-0.2, -0.15) is 0 Å². The molecule has 0 atom stereocenters. The monoisotopic (exact) mass is 486 g/mol. The molecule has 5 heteroatoms. The normalized spacial score (nSPS) is 12.2. The van der Waals surface area contributed by atoms with Gasteiger partial charge in [0.15, 0.2) is 0 Å². The van der Waals surface area contributed by atoms with Gasteiger partial charge in [-0.05, 0) is 94.4 Å². The van der Waals surface area contributed by atoms with Crippen molar-refractivity contribution in [2.75, 3.05) is 32.6 Å². The summed E-state index contributed by atoms with van der Waals surface area (Å²) in [6, 6.07) is 25.3. The molecule has 0 unspecified atom stereocenters. The summed E-state index contributed by atoms with van der Waals surface area (Å²) in [6.07, 6.45) is 0.714. The van der Waals surface area contributed by atoms with Gasteiger partial charge in [0, 0.05) is 12.2 Å². The van der Waals surface area contributed by atoms with E-state index in [1.165, 1.54) is 0 Å². The Kier molecular flexibility index (Phi) is 9.31. The number of hydrogen-bond donors (Lipinski definition) is 1. The van der Waals surface area contributed by atoms with Gasteiger partial charge in [0.25, 0.3) is 5.91 Å². The summed E-state index contributed by atoms with van der Waals surface area (Å²) in [5.41, 5.74) is 3.94. The summed E-state index contributed by atoms with van der Waals surface area (Å²) < 4.78 is 11.8. The minimum atomic E-state index is -0.293. The van der Waals surface area contributed by atoms with E-state index in [1.807, 2.05) is 114 Å². The number of benzene rings is 3. The lowest BCUT2D eigenvalue weighted by Crippen LogP contribution is -2.22. The highest BCUT2D eigenvalue weighted by molar-refractivity contribution is 6.31. The van der Waals surface area contributed by atoms with E-state index >= 15 is 0 Å². The van der Waals surface area contributed by atoms with Crippen LogP contribution in [0.2, 0.25) is 0 Å². The first kappa shape index (κ1) is 27.0. The van der Waals surface area contributed by atoms with Gasteiger partial charge in [0.1, 0.15) is 23.7 Å². The van der Waals surface area contributed by atoms with Crippen molar-refractivity contribution in [3.05, 3.63) is 90.0 Å². The number of amides is 1. The van der Waals surface area contributed by atoms with Crippen molar-refractivity contribution in [3.8, 4) is 11.5 Å². The van der Waals surface area contributed by atoms with Crippen molar-refractivity contribution < 1.29 is 14.3 Å². The molecule has 190 valence electrons. The maximum absolute atomic E-state index is 13.7. The maximum atomic E-state index is 13.7. The molecule has 5 nitrogen and oxygen atoms in total. The standard InChI is InChI=1S/C31H38N2O3/c1-7-28(23-11-9-8-10-12-23)29(24-13-17-27(18-14-24)36-31(2,3)4)30(34)32-25-15-19-26(20-16-25)35-22-21-33(5)6/h8-20H,7,21-22H2,1-6H3,(H,32,34). The van der Waals surface area contributed by atoms with Crippen LogP contribution in [-0.4, -0.2) is 43.7 Å². The predicted octanol–water partition coefficient (Wildman–Crippen LogP) is 6.76. The van der Waals surface area contributed by atoms with Crippen molar-refractivity contribution in [3.63, 3.8) is 0 Å². The SMILES string of the molecule is CCC(=C(C(=O)Nc1ccc(OCCN(C)C)cc1)c1ccc(OC(C)(C)C)cc1)c1ccccc1. The number of allylic oxidation sites excluding steroid dienone is 1. The number of nitrogens with zero attached hydrogens (tertiary/aromatic N) is 1. The highest BCUT2D eigenvalue weighted by atomic mass is 16.5. The first-order chi connectivity index (χ1) is 17.2. The summed E-state index contributed by atoms with van der Waals surface area (Å²) in [7, 11) is 4.02. The average Bonchev–Trinajstić information content (AvgIpc) is 2.83. The van der Waals surface area contributed by atoms with Crippen molar-refractivity contribution in [1.82, 2.24) is 4.90 Å². The fraction of sp³-hybridized carbons (Fsp3) is 0.323. The van der Waals surface area contributed by atoms with E-state index in [9.17, 15) is 4.79 Å². The molecule has 3 aromatic carbocycles. The summed E-state index contributed by atoms with van der Waals surface area (Å²) in [5.74, 6) is 1.40. The Morgan fingerprint density at radius 3 is 2.00 bits per heavy atom. The molecule has 1 N–H and O–H groups in total. The summed E-state index contributed by atoms with van der Waals surface area (Å²) >= 11 is 0. The van der Waals surface area contributed by atoms with Crippen LogP contribution in [0.15, 0.2) is 78.9 Å². The molecule has 0 aromatic heterocycles. The minimum Gasteiger partial charge on any atom is -0.492 e. The van der Waals surface area contributed by atoms with E-state index in [-0.39, 0.29) is 11.5 Å². The van der Waals surface area contributed by atoms with Crippen molar-refractivity contribution >= 4 is 22.7 Å². The van der Waals surface area contributed by atoms with Crippen LogP contribution in [0.4, 0.5) is 5.69 Å². The molecule has 3 aromatic rings. The number of carbonyl (C=O) groups excluding carboxylic acids is 1. The van der Waals surface area contributed by atoms with Gasteiger partial charge >= 0.3 is 0 Å². The van der Waals surface area contributed by atoms with Crippen molar-refractivity contribution in [2.24, 2.45) is 0 Å². The Morgan fingerprint density at radius 1 is 0.833 bits per heavy atom. The minimum absolute atomic E-state index is 0.151. The lowest BCUT2D eigenvalue weighted by Gasteiger charge is -2.22. The molecule has 0 fully saturated rings. The zero-order valence-electron chi connectivity index (χ0n) is 22.3. The van der Waals surface area contributed by atoms with Crippen LogP contribution >= 0.6 is 0 Å². The van der Waals surface area contributed by atoms with Gasteiger partial charge in [0.2, 0.25) is 0 Å². The van der Waals surface area contributed by atoms with Crippen LogP contribution in [-0.2, 0) is 4.79 Å². The summed E-state index contributed by atoms with van der Waals surface area (Å²) in [5, 5.41) is 3.09. The molecular weight excluding hydrogens is 448 g/mol. The first-order valence-electron chi connectivity index (χ1n) is 12.4. The molecule has 0 spiro atoms. The van der Waals surface area contributed by atoms with Crippen LogP contribution in [0.5, 0.6) is 11.5 Å². The van der Waals surface area contributed by atoms with Gasteiger partial charge < -0.3 is 19.7 Å². The highest BCUT2D eigenvalue weighted by Crippen LogP contribution is 2.32. The van der Waals surface area contributed by atoms with Crippen LogP contribution in [0, 0.1) is 0 Å². The average molecular weight is 487 g/mol. The highest BCUT2D eigenvalue weighted by Gasteiger charge is 2.19. The van der Waals surface area contributed by atoms with Gasteiger partial charge in [0.05, 0.1) is 5.57 Å². The van der Waals surface area contributed by atoms with E-state index in [2.05, 4.69) is 17.1 Å². The number of anilines is 1. The van der Waals surface area contributed by atoms with Gasteiger partial charge in [-0.25, -0.2) is 0 Å². The second-order valence-corrected chi connectivity index (χ2v) is 9.94. The Bertz CT molecular complexity index is 1140. The fourth-order valence-corrected chi connectivity index (χ4v) is 3.82. The number of carbonyl (C=O) groups is 1. The molecule has 0 saturated heterocycles. The van der Waals surface area contributed by atoms with Crippen molar-refractivity contribution in [2.45, 2.75) is 39.7 Å². The molecule has 0 radical (unpaired) electrons. The molecule has 0 saturated carbocycles. The summed E-state index contributed by atoms with van der Waals surface area (Å²) in [4.78, 5) is 15.8. The Morgan fingerprint density at radius 2 is 1.44 bits per heavy atom. The van der Waals surface area contributed by atoms with E-state index in [1.54, 1.807) is 0 Å². The van der Waals surface area contributed by atoms with E-state index < -0.39 is 0 Å². The van der Waals surface area contributed by atoms with E-state index in [0.29, 0.717) is 24.3 Å². The van der Waals surface area contributed by atoms with Crippen LogP contribution in [0.1, 0.15) is 45.2 Å². The first-order valence-corrected chi connectivity index (χ1v) is 12.4. The predicted molar refractivity (Wildman–Crippen MR) is 149 cm³/mol. The third-order valence-corrected chi connectivity index (χ3v) is 5.49. The lowest BCUT2D eigenvalue weighted by atomic mass is 9.92. The molecule has 0 bridgehead atoms. The Labute approximate surface area is 215 Å². The van der Waals surface area contributed by atoms with Crippen LogP contribution in [0.3, 0.4) is 0 Å². The lowest BCUT2D eigenvalue weighted by molar-refractivity contribution is -0.111. The number of hydrogen-bond acceptors (Lipinski definition) is 4. The molecule has 0 aliphatic rings. The Hall–Kier alpha value is -3.57. The molecule has 1 amide bonds. The second-order valence-electron chi connectivity index (χ2n) is 9.94. The summed E-state index contributed by atoms with van der Waals surface area (Å²) in [6.45, 7) is 9.57. The van der Waals surface area contributed by atoms with Crippen molar-refractivity contribution in [1.29, 1.82) is 0 Å². The Balaban J connectivity index is 1.90. The third kappa shape index (κ3) is 7.99. The molecule has 0 aliphatic heterocycles. The quantitative estimate of drug-likeness (QED) is 0.254. The van der Waals surface area contributed by atoms with E-state index in [4.69, 9.17) is 9.47 Å². The molecule has 36 heavy (non-hydrogen) atoms. The fourth-order valence-electron chi connectivity index (χ4n) is 3.82. The molecule has 3 rings (SSSR count). The largest absolute Gasteiger partial charge is 0.492 e. The zero-order chi connectivity index (χ0) is 26.1. The van der Waals surface area contributed by atoms with Crippen LogP contribution < -0.4 is 14.8 Å². The maximum Gasteiger partial charge on any atom is 0.256 e. The van der Waals surface area contributed by atoms with Gasteiger partial charge in [-0.15, -0.1) is 0 Å². The van der Waals surface area contributed by atoms with Gasteiger partial charge in [-0.1, -0.05) is 49.4 Å². The number of nitrogens with one attached hydrogen (secondary N) is 1. The van der Waals surface area contributed by atoms with Gasteiger partial charge in [-0.3, -0.25) is 4.79 Å². The topological polar surface area (TPSA) is 50.8 Å². The number of likely N-dealkylation sites (N-methyl/N-ethyl adjacent to an activating group) is 1. The third-order valence-electron chi connectivity index (χ3n) is 5.49. The zero-order valence-corrected chi connectivity index (χ0v) is 22.3.